The van der Waals surface area contributed by atoms with Gasteiger partial charge < -0.3 is 5.32 Å². The molecule has 1 N–H and O–H groups in total. The van der Waals surface area contributed by atoms with Crippen LogP contribution in [0.25, 0.3) is 0 Å². The molecule has 1 aromatic carbocycles. The van der Waals surface area contributed by atoms with E-state index in [4.69, 9.17) is 0 Å². The number of nitrogens with zero attached hydrogens (tertiary/aromatic N) is 2. The number of benzene rings is 1. The Balaban J connectivity index is 1.48. The Kier molecular flexibility index (Phi) is 4.11. The third kappa shape index (κ3) is 3.11. The summed E-state index contributed by atoms with van der Waals surface area (Å²) in [6.07, 6.45) is 1.41. The second-order valence-corrected chi connectivity index (χ2v) is 6.28. The van der Waals surface area contributed by atoms with Crippen LogP contribution in [0.4, 0.5) is 0 Å². The third-order valence-electron chi connectivity index (χ3n) is 4.72. The molecule has 0 aromatic heterocycles. The molecule has 0 bridgehead atoms. The molecule has 3 atom stereocenters. The normalized spacial score (nSPS) is 25.1. The fourth-order valence-corrected chi connectivity index (χ4v) is 3.10. The van der Waals surface area contributed by atoms with Gasteiger partial charge in [-0.15, -0.1) is 0 Å². The first-order valence-electron chi connectivity index (χ1n) is 7.78. The van der Waals surface area contributed by atoms with E-state index in [1.165, 1.54) is 11.1 Å². The van der Waals surface area contributed by atoms with E-state index in [-0.39, 0.29) is 16.9 Å². The Morgan fingerprint density at radius 3 is 2.86 bits per heavy atom. The van der Waals surface area contributed by atoms with Crippen molar-refractivity contribution < 1.29 is 9.72 Å². The van der Waals surface area contributed by atoms with Crippen LogP contribution in [0, 0.1) is 16.0 Å². The molecule has 3 unspecified atom stereocenters. The Morgan fingerprint density at radius 1 is 1.45 bits per heavy atom. The zero-order chi connectivity index (χ0) is 15.7. The minimum Gasteiger partial charge on any atom is -0.354 e. The number of hydrogen-bond acceptors (Lipinski definition) is 4. The summed E-state index contributed by atoms with van der Waals surface area (Å²) in [6, 6.07) is 8.00. The molecule has 1 fully saturated rings. The summed E-state index contributed by atoms with van der Waals surface area (Å²) in [5.41, 5.74) is 2.75. The van der Waals surface area contributed by atoms with E-state index in [2.05, 4.69) is 41.4 Å². The van der Waals surface area contributed by atoms with Crippen LogP contribution in [0.1, 0.15) is 24.5 Å². The SMILES string of the molecule is CC(CNC(=O)C1CC1[N+](=O)[O-])N1CCc2ccccc2C1. The molecule has 3 rings (SSSR count). The van der Waals surface area contributed by atoms with Crippen molar-refractivity contribution in [1.82, 2.24) is 10.2 Å². The van der Waals surface area contributed by atoms with Crippen LogP contribution in [0.5, 0.6) is 0 Å². The van der Waals surface area contributed by atoms with E-state index in [1.807, 2.05) is 0 Å². The summed E-state index contributed by atoms with van der Waals surface area (Å²) in [7, 11) is 0. The maximum atomic E-state index is 11.9. The van der Waals surface area contributed by atoms with Crippen molar-refractivity contribution in [3.8, 4) is 0 Å². The summed E-state index contributed by atoms with van der Waals surface area (Å²) in [5.74, 6) is -0.602. The highest BCUT2D eigenvalue weighted by Crippen LogP contribution is 2.33. The summed E-state index contributed by atoms with van der Waals surface area (Å²) < 4.78 is 0. The highest BCUT2D eigenvalue weighted by Gasteiger charge is 2.53. The molecule has 1 amide bonds. The standard InChI is InChI=1S/C16H21N3O3/c1-11(9-17-16(20)14-8-15(14)19(21)22)18-7-6-12-4-2-3-5-13(12)10-18/h2-5,11,14-15H,6-10H2,1H3,(H,17,20). The van der Waals surface area contributed by atoms with Gasteiger partial charge in [-0.05, 0) is 24.5 Å². The fourth-order valence-electron chi connectivity index (χ4n) is 3.10. The molecule has 1 aliphatic carbocycles. The van der Waals surface area contributed by atoms with Crippen LogP contribution in [0.3, 0.4) is 0 Å². The third-order valence-corrected chi connectivity index (χ3v) is 4.72. The van der Waals surface area contributed by atoms with E-state index >= 15 is 0 Å². The van der Waals surface area contributed by atoms with Gasteiger partial charge in [0.1, 0.15) is 5.92 Å². The molecule has 118 valence electrons. The lowest BCUT2D eigenvalue weighted by Gasteiger charge is -2.33. The maximum absolute atomic E-state index is 11.9. The van der Waals surface area contributed by atoms with Crippen LogP contribution in [-0.2, 0) is 17.8 Å². The Hall–Kier alpha value is -1.95. The number of fused-ring (bicyclic) bond motifs is 1. The molecular formula is C16H21N3O3. The van der Waals surface area contributed by atoms with Gasteiger partial charge in [-0.2, -0.15) is 0 Å². The lowest BCUT2D eigenvalue weighted by atomic mass is 9.99. The molecule has 1 saturated carbocycles. The number of amides is 1. The molecule has 22 heavy (non-hydrogen) atoms. The topological polar surface area (TPSA) is 75.5 Å². The number of nitrogens with one attached hydrogen (secondary N) is 1. The van der Waals surface area contributed by atoms with E-state index in [1.54, 1.807) is 0 Å². The van der Waals surface area contributed by atoms with Gasteiger partial charge in [0.2, 0.25) is 11.9 Å². The van der Waals surface area contributed by atoms with Gasteiger partial charge in [0, 0.05) is 37.0 Å². The average molecular weight is 303 g/mol. The molecular weight excluding hydrogens is 282 g/mol. The molecule has 0 radical (unpaired) electrons. The van der Waals surface area contributed by atoms with Crippen molar-refractivity contribution in [2.24, 2.45) is 5.92 Å². The Morgan fingerprint density at radius 2 is 2.18 bits per heavy atom. The number of carbonyl (C=O) groups excluding carboxylic acids is 1. The van der Waals surface area contributed by atoms with Gasteiger partial charge in [0.25, 0.3) is 0 Å². The van der Waals surface area contributed by atoms with E-state index in [9.17, 15) is 14.9 Å². The molecule has 2 aliphatic rings. The van der Waals surface area contributed by atoms with Gasteiger partial charge in [-0.25, -0.2) is 0 Å². The molecule has 1 aliphatic heterocycles. The number of rotatable bonds is 5. The highest BCUT2D eigenvalue weighted by molar-refractivity contribution is 5.81. The van der Waals surface area contributed by atoms with Crippen LogP contribution < -0.4 is 5.32 Å². The first kappa shape index (κ1) is 15.0. The van der Waals surface area contributed by atoms with Crippen LogP contribution in [0.2, 0.25) is 0 Å². The van der Waals surface area contributed by atoms with Gasteiger partial charge in [-0.1, -0.05) is 24.3 Å². The van der Waals surface area contributed by atoms with Crippen molar-refractivity contribution in [1.29, 1.82) is 0 Å². The molecule has 1 heterocycles. The molecule has 1 aromatic rings. The van der Waals surface area contributed by atoms with Crippen molar-refractivity contribution >= 4 is 5.91 Å². The Bertz CT molecular complexity index is 590. The zero-order valence-electron chi connectivity index (χ0n) is 12.7. The van der Waals surface area contributed by atoms with Gasteiger partial charge in [0.15, 0.2) is 0 Å². The molecule has 0 spiro atoms. The lowest BCUT2D eigenvalue weighted by Crippen LogP contribution is -2.44. The van der Waals surface area contributed by atoms with Crippen LogP contribution in [0.15, 0.2) is 24.3 Å². The van der Waals surface area contributed by atoms with Gasteiger partial charge in [0.05, 0.1) is 0 Å². The van der Waals surface area contributed by atoms with Crippen molar-refractivity contribution in [3.05, 3.63) is 45.5 Å². The monoisotopic (exact) mass is 303 g/mol. The molecule has 6 heteroatoms. The lowest BCUT2D eigenvalue weighted by molar-refractivity contribution is -0.497. The minimum absolute atomic E-state index is 0.175. The summed E-state index contributed by atoms with van der Waals surface area (Å²) in [6.45, 7) is 4.51. The second-order valence-electron chi connectivity index (χ2n) is 6.28. The summed E-state index contributed by atoms with van der Waals surface area (Å²) >= 11 is 0. The van der Waals surface area contributed by atoms with Gasteiger partial charge >= 0.3 is 0 Å². The van der Waals surface area contributed by atoms with Crippen LogP contribution >= 0.6 is 0 Å². The van der Waals surface area contributed by atoms with E-state index in [0.717, 1.165) is 19.5 Å². The van der Waals surface area contributed by atoms with Crippen LogP contribution in [-0.4, -0.2) is 40.9 Å². The molecule has 6 nitrogen and oxygen atoms in total. The molecule has 0 saturated heterocycles. The van der Waals surface area contributed by atoms with Crippen molar-refractivity contribution in [3.63, 3.8) is 0 Å². The number of nitro groups is 1. The van der Waals surface area contributed by atoms with Gasteiger partial charge in [-0.3, -0.25) is 19.8 Å². The minimum atomic E-state index is -0.669. The van der Waals surface area contributed by atoms with Crippen molar-refractivity contribution in [2.45, 2.75) is 38.4 Å². The predicted octanol–water partition coefficient (Wildman–Crippen LogP) is 1.21. The smallest absolute Gasteiger partial charge is 0.230 e. The largest absolute Gasteiger partial charge is 0.354 e. The van der Waals surface area contributed by atoms with E-state index in [0.29, 0.717) is 13.0 Å². The first-order chi connectivity index (χ1) is 10.6. The quantitative estimate of drug-likeness (QED) is 0.655. The second kappa shape index (κ2) is 6.04. The first-order valence-corrected chi connectivity index (χ1v) is 7.78. The number of carbonyl (C=O) groups is 1. The maximum Gasteiger partial charge on any atom is 0.230 e. The predicted molar refractivity (Wildman–Crippen MR) is 81.9 cm³/mol. The zero-order valence-corrected chi connectivity index (χ0v) is 12.7. The summed E-state index contributed by atoms with van der Waals surface area (Å²) in [4.78, 5) is 24.5. The average Bonchev–Trinajstić information content (AvgIpc) is 3.32. The fraction of sp³-hybridized carbons (Fsp3) is 0.562. The Labute approximate surface area is 129 Å². The number of hydrogen-bond donors (Lipinski definition) is 1. The van der Waals surface area contributed by atoms with E-state index < -0.39 is 12.0 Å². The summed E-state index contributed by atoms with van der Waals surface area (Å²) in [5, 5.41) is 13.5. The highest BCUT2D eigenvalue weighted by atomic mass is 16.6. The van der Waals surface area contributed by atoms with Crippen molar-refractivity contribution in [2.75, 3.05) is 13.1 Å².